The predicted octanol–water partition coefficient (Wildman–Crippen LogP) is 2.56. The molecule has 0 amide bonds. The first-order valence-electron chi connectivity index (χ1n) is 6.32. The summed E-state index contributed by atoms with van der Waals surface area (Å²) in [6, 6.07) is 7.62. The van der Waals surface area contributed by atoms with Crippen LogP contribution in [0.3, 0.4) is 0 Å². The van der Waals surface area contributed by atoms with Crippen LogP contribution in [0.5, 0.6) is 0 Å². The van der Waals surface area contributed by atoms with Crippen LogP contribution in [0.4, 0.5) is 5.69 Å². The lowest BCUT2D eigenvalue weighted by atomic mass is 10.2. The number of thiophene rings is 1. The molecule has 0 aliphatic carbocycles. The average molecular weight is 314 g/mol. The van der Waals surface area contributed by atoms with Gasteiger partial charge < -0.3 is 0 Å². The van der Waals surface area contributed by atoms with Crippen LogP contribution in [0.15, 0.2) is 45.6 Å². The number of non-ortho nitro benzene ring substituents is 1. The molecule has 2 aromatic heterocycles. The second-order valence-electron chi connectivity index (χ2n) is 4.51. The van der Waals surface area contributed by atoms with Gasteiger partial charge in [0.05, 0.1) is 16.5 Å². The monoisotopic (exact) mass is 314 g/mol. The summed E-state index contributed by atoms with van der Waals surface area (Å²) < 4.78 is 1.22. The summed E-state index contributed by atoms with van der Waals surface area (Å²) in [5, 5.41) is 17.1. The van der Waals surface area contributed by atoms with Crippen LogP contribution < -0.4 is 5.56 Å². The summed E-state index contributed by atoms with van der Waals surface area (Å²) in [5.74, 6) is 0.484. The van der Waals surface area contributed by atoms with Crippen molar-refractivity contribution in [3.8, 4) is 0 Å². The second kappa shape index (κ2) is 5.49. The van der Waals surface area contributed by atoms with Crippen molar-refractivity contribution in [3.63, 3.8) is 0 Å². The van der Waals surface area contributed by atoms with Crippen LogP contribution in [0.2, 0.25) is 0 Å². The molecule has 0 aliphatic rings. The van der Waals surface area contributed by atoms with E-state index >= 15 is 0 Å². The van der Waals surface area contributed by atoms with E-state index in [1.807, 2.05) is 5.38 Å². The molecule has 1 aromatic carbocycles. The highest BCUT2D eigenvalue weighted by molar-refractivity contribution is 7.16. The van der Waals surface area contributed by atoms with E-state index in [0.717, 1.165) is 0 Å². The van der Waals surface area contributed by atoms with Crippen LogP contribution >= 0.6 is 11.3 Å². The lowest BCUT2D eigenvalue weighted by Gasteiger charge is -2.02. The van der Waals surface area contributed by atoms with Gasteiger partial charge in [-0.3, -0.25) is 14.9 Å². The largest absolute Gasteiger partial charge is 0.282 e. The molecule has 0 N–H and O–H groups in total. The molecule has 7 nitrogen and oxygen atoms in total. The maximum atomic E-state index is 12.3. The van der Waals surface area contributed by atoms with Gasteiger partial charge in [0.15, 0.2) is 0 Å². The molecule has 0 saturated carbocycles. The van der Waals surface area contributed by atoms with Gasteiger partial charge in [0.1, 0.15) is 10.7 Å². The SMILES string of the molecule is Cc1nc2sccc2c(=O)n1/N=C\c1ccc([N+](=O)[O-])cc1. The first-order chi connectivity index (χ1) is 10.6. The van der Waals surface area contributed by atoms with Gasteiger partial charge in [0, 0.05) is 12.1 Å². The number of fused-ring (bicyclic) bond motifs is 1. The van der Waals surface area contributed by atoms with Crippen molar-refractivity contribution in [3.05, 3.63) is 67.6 Å². The Morgan fingerprint density at radius 3 is 2.73 bits per heavy atom. The number of aryl methyl sites for hydroxylation is 1. The fourth-order valence-corrected chi connectivity index (χ4v) is 2.75. The third kappa shape index (κ3) is 2.51. The summed E-state index contributed by atoms with van der Waals surface area (Å²) in [6.45, 7) is 1.70. The molecule has 3 rings (SSSR count). The fraction of sp³-hybridized carbons (Fsp3) is 0.0714. The molecule has 110 valence electrons. The van der Waals surface area contributed by atoms with Gasteiger partial charge in [0.2, 0.25) is 0 Å². The van der Waals surface area contributed by atoms with Crippen molar-refractivity contribution in [2.24, 2.45) is 5.10 Å². The molecule has 0 spiro atoms. The van der Waals surface area contributed by atoms with Crippen molar-refractivity contribution in [2.75, 3.05) is 0 Å². The Labute approximate surface area is 128 Å². The molecule has 0 radical (unpaired) electrons. The zero-order valence-corrected chi connectivity index (χ0v) is 12.3. The van der Waals surface area contributed by atoms with Crippen molar-refractivity contribution < 1.29 is 4.92 Å². The normalized spacial score (nSPS) is 11.3. The maximum absolute atomic E-state index is 12.3. The Balaban J connectivity index is 1.98. The Kier molecular flexibility index (Phi) is 3.51. The second-order valence-corrected chi connectivity index (χ2v) is 5.40. The van der Waals surface area contributed by atoms with Gasteiger partial charge in [-0.05, 0) is 36.1 Å². The Bertz CT molecular complexity index is 941. The van der Waals surface area contributed by atoms with E-state index in [1.165, 1.54) is 34.4 Å². The number of rotatable bonds is 3. The van der Waals surface area contributed by atoms with Gasteiger partial charge in [0.25, 0.3) is 11.2 Å². The van der Waals surface area contributed by atoms with Crippen LogP contribution in [-0.4, -0.2) is 20.8 Å². The lowest BCUT2D eigenvalue weighted by molar-refractivity contribution is -0.384. The van der Waals surface area contributed by atoms with Gasteiger partial charge in [-0.15, -0.1) is 11.3 Å². The van der Waals surface area contributed by atoms with Crippen LogP contribution in [0, 0.1) is 17.0 Å². The van der Waals surface area contributed by atoms with Gasteiger partial charge >= 0.3 is 0 Å². The predicted molar refractivity (Wildman–Crippen MR) is 84.7 cm³/mol. The number of hydrogen-bond acceptors (Lipinski definition) is 6. The zero-order valence-electron chi connectivity index (χ0n) is 11.5. The van der Waals surface area contributed by atoms with Gasteiger partial charge in [-0.25, -0.2) is 4.98 Å². The number of nitrogens with zero attached hydrogens (tertiary/aromatic N) is 4. The summed E-state index contributed by atoms with van der Waals surface area (Å²) in [7, 11) is 0. The van der Waals surface area contributed by atoms with E-state index in [2.05, 4.69) is 10.1 Å². The molecule has 8 heteroatoms. The molecule has 0 fully saturated rings. The van der Waals surface area contributed by atoms with E-state index in [-0.39, 0.29) is 11.2 Å². The van der Waals surface area contributed by atoms with Gasteiger partial charge in [-0.1, -0.05) is 0 Å². The van der Waals surface area contributed by atoms with Crippen LogP contribution in [-0.2, 0) is 0 Å². The van der Waals surface area contributed by atoms with E-state index in [0.29, 0.717) is 21.6 Å². The first kappa shape index (κ1) is 14.1. The molecular weight excluding hydrogens is 304 g/mol. The Morgan fingerprint density at radius 2 is 2.05 bits per heavy atom. The molecule has 0 atom stereocenters. The number of nitro groups is 1. The molecule has 3 aromatic rings. The molecule has 22 heavy (non-hydrogen) atoms. The van der Waals surface area contributed by atoms with Crippen molar-refractivity contribution in [1.29, 1.82) is 0 Å². The number of hydrogen-bond donors (Lipinski definition) is 0. The van der Waals surface area contributed by atoms with E-state index in [4.69, 9.17) is 0 Å². The molecule has 0 saturated heterocycles. The summed E-state index contributed by atoms with van der Waals surface area (Å²) in [4.78, 5) is 27.4. The van der Waals surface area contributed by atoms with Gasteiger partial charge in [-0.2, -0.15) is 9.78 Å². The molecule has 0 bridgehead atoms. The molecule has 0 aliphatic heterocycles. The smallest absolute Gasteiger partial charge is 0.267 e. The van der Waals surface area contributed by atoms with E-state index in [9.17, 15) is 14.9 Å². The minimum Gasteiger partial charge on any atom is -0.267 e. The number of benzene rings is 1. The Morgan fingerprint density at radius 1 is 1.32 bits per heavy atom. The Hall–Kier alpha value is -2.87. The van der Waals surface area contributed by atoms with Crippen molar-refractivity contribution in [1.82, 2.24) is 9.66 Å². The fourth-order valence-electron chi connectivity index (χ4n) is 1.95. The number of aromatic nitrogens is 2. The highest BCUT2D eigenvalue weighted by Gasteiger charge is 2.08. The lowest BCUT2D eigenvalue weighted by Crippen LogP contribution is -2.19. The first-order valence-corrected chi connectivity index (χ1v) is 7.20. The third-order valence-electron chi connectivity index (χ3n) is 3.06. The zero-order chi connectivity index (χ0) is 15.7. The van der Waals surface area contributed by atoms with Crippen LogP contribution in [0.1, 0.15) is 11.4 Å². The van der Waals surface area contributed by atoms with Crippen LogP contribution in [0.25, 0.3) is 10.2 Å². The molecule has 0 unspecified atom stereocenters. The van der Waals surface area contributed by atoms with Crippen molar-refractivity contribution >= 4 is 33.5 Å². The standard InChI is InChI=1S/C14H10N4O3S/c1-9-16-13-12(6-7-22-13)14(19)17(9)15-8-10-2-4-11(5-3-10)18(20)21/h2-8H,1H3/b15-8-. The quantitative estimate of drug-likeness (QED) is 0.422. The minimum absolute atomic E-state index is 0.00635. The van der Waals surface area contributed by atoms with E-state index in [1.54, 1.807) is 25.1 Å². The number of nitro benzene ring substituents is 1. The minimum atomic E-state index is -0.468. The maximum Gasteiger partial charge on any atom is 0.282 e. The third-order valence-corrected chi connectivity index (χ3v) is 3.87. The summed E-state index contributed by atoms with van der Waals surface area (Å²) >= 11 is 1.40. The summed E-state index contributed by atoms with van der Waals surface area (Å²) in [5.41, 5.74) is 0.427. The highest BCUT2D eigenvalue weighted by atomic mass is 32.1. The topological polar surface area (TPSA) is 90.4 Å². The van der Waals surface area contributed by atoms with E-state index < -0.39 is 4.92 Å². The molecular formula is C14H10N4O3S. The average Bonchev–Trinajstić information content (AvgIpc) is 2.96. The highest BCUT2D eigenvalue weighted by Crippen LogP contribution is 2.15. The van der Waals surface area contributed by atoms with Crippen molar-refractivity contribution in [2.45, 2.75) is 6.92 Å². The summed E-state index contributed by atoms with van der Waals surface area (Å²) in [6.07, 6.45) is 1.47. The molecule has 2 heterocycles.